The van der Waals surface area contributed by atoms with E-state index in [1.165, 1.54) is 5.56 Å². The third-order valence-corrected chi connectivity index (χ3v) is 3.60. The Kier molecular flexibility index (Phi) is 4.81. The molecule has 2 rings (SSSR count). The fourth-order valence-electron chi connectivity index (χ4n) is 2.43. The third kappa shape index (κ3) is 3.34. The van der Waals surface area contributed by atoms with Gasteiger partial charge in [0.1, 0.15) is 0 Å². The zero-order valence-corrected chi connectivity index (χ0v) is 12.8. The van der Waals surface area contributed by atoms with Gasteiger partial charge in [0.2, 0.25) is 0 Å². The smallest absolute Gasteiger partial charge is 0.274 e. The summed E-state index contributed by atoms with van der Waals surface area (Å²) in [5.41, 5.74) is 10.2. The largest absolute Gasteiger partial charge is 0.394 e. The summed E-state index contributed by atoms with van der Waals surface area (Å²) in [6.07, 6.45) is 0.776. The second-order valence-electron chi connectivity index (χ2n) is 5.30. The average molecular weight is 286 g/mol. The summed E-state index contributed by atoms with van der Waals surface area (Å²) in [5.74, 6) is 0. The molecule has 0 aliphatic heterocycles. The summed E-state index contributed by atoms with van der Waals surface area (Å²) >= 11 is 0. The molecule has 0 aliphatic rings. The Labute approximate surface area is 125 Å². The van der Waals surface area contributed by atoms with Gasteiger partial charge in [0.25, 0.3) is 5.56 Å². The number of nitrogens with zero attached hydrogens (tertiary/aromatic N) is 1. The molecule has 0 radical (unpaired) electrons. The van der Waals surface area contributed by atoms with Crippen LogP contribution in [0.15, 0.2) is 35.1 Å². The zero-order valence-electron chi connectivity index (χ0n) is 12.8. The zero-order chi connectivity index (χ0) is 15.4. The van der Waals surface area contributed by atoms with E-state index in [-0.39, 0.29) is 11.2 Å². The van der Waals surface area contributed by atoms with E-state index in [1.54, 1.807) is 17.7 Å². The highest BCUT2D eigenvalue weighted by Gasteiger charge is 2.11. The summed E-state index contributed by atoms with van der Waals surface area (Å²) < 4.78 is 6.82. The van der Waals surface area contributed by atoms with Crippen molar-refractivity contribution in [2.24, 2.45) is 0 Å². The van der Waals surface area contributed by atoms with E-state index < -0.39 is 0 Å². The van der Waals surface area contributed by atoms with Gasteiger partial charge in [-0.15, -0.1) is 0 Å². The van der Waals surface area contributed by atoms with Crippen LogP contribution in [-0.2, 0) is 11.3 Å². The summed E-state index contributed by atoms with van der Waals surface area (Å²) in [6.45, 7) is 5.32. The van der Waals surface area contributed by atoms with Crippen molar-refractivity contribution in [3.63, 3.8) is 0 Å². The van der Waals surface area contributed by atoms with Crippen molar-refractivity contribution in [3.8, 4) is 11.3 Å². The lowest BCUT2D eigenvalue weighted by atomic mass is 10.0. The SMILES string of the molecule is COCCCn1c(-c2cc(C)ccc2C)ccc(N)c1=O. The van der Waals surface area contributed by atoms with Crippen molar-refractivity contribution in [1.29, 1.82) is 0 Å². The average Bonchev–Trinajstić information content (AvgIpc) is 2.47. The Morgan fingerprint density at radius 1 is 1.19 bits per heavy atom. The summed E-state index contributed by atoms with van der Waals surface area (Å²) in [7, 11) is 1.66. The van der Waals surface area contributed by atoms with Crippen LogP contribution in [0.4, 0.5) is 5.69 Å². The van der Waals surface area contributed by atoms with E-state index >= 15 is 0 Å². The molecule has 0 fully saturated rings. The number of nitrogen functional groups attached to an aromatic ring is 1. The molecule has 1 aromatic heterocycles. The van der Waals surface area contributed by atoms with E-state index in [1.807, 2.05) is 13.0 Å². The van der Waals surface area contributed by atoms with Crippen LogP contribution in [0, 0.1) is 13.8 Å². The second kappa shape index (κ2) is 6.59. The van der Waals surface area contributed by atoms with Gasteiger partial charge in [0.05, 0.1) is 11.4 Å². The molecule has 2 N–H and O–H groups in total. The second-order valence-corrected chi connectivity index (χ2v) is 5.30. The standard InChI is InChI=1S/C17H22N2O2/c1-12-5-6-13(2)14(11-12)16-8-7-15(18)17(20)19(16)9-4-10-21-3/h5-8,11H,4,9-10,18H2,1-3H3. The van der Waals surface area contributed by atoms with Crippen LogP contribution in [0.2, 0.25) is 0 Å². The van der Waals surface area contributed by atoms with Crippen LogP contribution in [-0.4, -0.2) is 18.3 Å². The van der Waals surface area contributed by atoms with Gasteiger partial charge in [0.15, 0.2) is 0 Å². The van der Waals surface area contributed by atoms with Gasteiger partial charge in [-0.3, -0.25) is 4.79 Å². The number of methoxy groups -OCH3 is 1. The van der Waals surface area contributed by atoms with Crippen molar-refractivity contribution < 1.29 is 4.74 Å². The number of aryl methyl sites for hydroxylation is 2. The Hall–Kier alpha value is -2.07. The van der Waals surface area contributed by atoms with Crippen LogP contribution < -0.4 is 11.3 Å². The normalized spacial score (nSPS) is 10.8. The molecule has 1 heterocycles. The molecule has 0 saturated heterocycles. The summed E-state index contributed by atoms with van der Waals surface area (Å²) in [4.78, 5) is 12.4. The molecule has 0 spiro atoms. The number of aromatic nitrogens is 1. The molecule has 4 heteroatoms. The van der Waals surface area contributed by atoms with Crippen molar-refractivity contribution in [1.82, 2.24) is 4.57 Å². The predicted octanol–water partition coefficient (Wildman–Crippen LogP) is 2.75. The maximum Gasteiger partial charge on any atom is 0.274 e. The Balaban J connectivity index is 2.54. The highest BCUT2D eigenvalue weighted by molar-refractivity contribution is 5.66. The van der Waals surface area contributed by atoms with Gasteiger partial charge in [-0.2, -0.15) is 0 Å². The first kappa shape index (κ1) is 15.3. The summed E-state index contributed by atoms with van der Waals surface area (Å²) in [6, 6.07) is 9.86. The van der Waals surface area contributed by atoms with Crippen LogP contribution in [0.25, 0.3) is 11.3 Å². The minimum absolute atomic E-state index is 0.135. The number of rotatable bonds is 5. The van der Waals surface area contributed by atoms with Crippen molar-refractivity contribution in [2.45, 2.75) is 26.8 Å². The molecule has 0 amide bonds. The lowest BCUT2D eigenvalue weighted by Crippen LogP contribution is -2.25. The number of nitrogens with two attached hydrogens (primary N) is 1. The molecular weight excluding hydrogens is 264 g/mol. The molecule has 0 atom stereocenters. The molecule has 2 aromatic rings. The number of anilines is 1. The van der Waals surface area contributed by atoms with Crippen LogP contribution >= 0.6 is 0 Å². The minimum atomic E-state index is -0.135. The van der Waals surface area contributed by atoms with Gasteiger partial charge in [-0.1, -0.05) is 17.7 Å². The van der Waals surface area contributed by atoms with Crippen LogP contribution in [0.5, 0.6) is 0 Å². The molecular formula is C17H22N2O2. The van der Waals surface area contributed by atoms with E-state index in [0.717, 1.165) is 23.2 Å². The topological polar surface area (TPSA) is 57.2 Å². The van der Waals surface area contributed by atoms with E-state index in [4.69, 9.17) is 10.5 Å². The van der Waals surface area contributed by atoms with Gasteiger partial charge >= 0.3 is 0 Å². The predicted molar refractivity (Wildman–Crippen MR) is 86.5 cm³/mol. The Morgan fingerprint density at radius 2 is 1.95 bits per heavy atom. The van der Waals surface area contributed by atoms with Crippen molar-refractivity contribution >= 4 is 5.69 Å². The number of benzene rings is 1. The number of hydrogen-bond donors (Lipinski definition) is 1. The molecule has 0 aliphatic carbocycles. The number of pyridine rings is 1. The molecule has 0 saturated carbocycles. The van der Waals surface area contributed by atoms with Gasteiger partial charge < -0.3 is 15.0 Å². The molecule has 4 nitrogen and oxygen atoms in total. The third-order valence-electron chi connectivity index (χ3n) is 3.60. The first-order valence-electron chi connectivity index (χ1n) is 7.10. The first-order chi connectivity index (χ1) is 10.0. The highest BCUT2D eigenvalue weighted by Crippen LogP contribution is 2.24. The minimum Gasteiger partial charge on any atom is -0.394 e. The molecule has 21 heavy (non-hydrogen) atoms. The van der Waals surface area contributed by atoms with E-state index in [9.17, 15) is 4.79 Å². The van der Waals surface area contributed by atoms with Crippen LogP contribution in [0.3, 0.4) is 0 Å². The summed E-state index contributed by atoms with van der Waals surface area (Å²) in [5, 5.41) is 0. The molecule has 1 aromatic carbocycles. The van der Waals surface area contributed by atoms with Gasteiger partial charge in [-0.05, 0) is 44.0 Å². The van der Waals surface area contributed by atoms with Crippen molar-refractivity contribution in [3.05, 3.63) is 51.8 Å². The quantitative estimate of drug-likeness (QED) is 0.860. The molecule has 112 valence electrons. The molecule has 0 bridgehead atoms. The van der Waals surface area contributed by atoms with E-state index in [2.05, 4.69) is 25.1 Å². The lowest BCUT2D eigenvalue weighted by Gasteiger charge is -2.16. The van der Waals surface area contributed by atoms with Gasteiger partial charge in [0, 0.05) is 25.8 Å². The highest BCUT2D eigenvalue weighted by atomic mass is 16.5. The first-order valence-corrected chi connectivity index (χ1v) is 7.10. The van der Waals surface area contributed by atoms with Crippen molar-refractivity contribution in [2.75, 3.05) is 19.5 Å². The monoisotopic (exact) mass is 286 g/mol. The Morgan fingerprint density at radius 3 is 2.67 bits per heavy atom. The Bertz CT molecular complexity index is 690. The lowest BCUT2D eigenvalue weighted by molar-refractivity contribution is 0.190. The fourth-order valence-corrected chi connectivity index (χ4v) is 2.43. The van der Waals surface area contributed by atoms with E-state index in [0.29, 0.717) is 13.2 Å². The molecule has 0 unspecified atom stereocenters. The number of hydrogen-bond acceptors (Lipinski definition) is 3. The maximum absolute atomic E-state index is 12.4. The van der Waals surface area contributed by atoms with Gasteiger partial charge in [-0.25, -0.2) is 0 Å². The number of ether oxygens (including phenoxy) is 1. The fraction of sp³-hybridized carbons (Fsp3) is 0.353. The van der Waals surface area contributed by atoms with Crippen LogP contribution in [0.1, 0.15) is 17.5 Å². The maximum atomic E-state index is 12.4.